The van der Waals surface area contributed by atoms with Crippen LogP contribution in [0.1, 0.15) is 18.1 Å². The van der Waals surface area contributed by atoms with Crippen molar-refractivity contribution in [2.45, 2.75) is 18.2 Å². The molecule has 1 N–H and O–H groups in total. The lowest BCUT2D eigenvalue weighted by Gasteiger charge is -2.22. The molecule has 1 atom stereocenters. The second-order valence-corrected chi connectivity index (χ2v) is 5.20. The second kappa shape index (κ2) is 3.73. The maximum atomic E-state index is 6.46. The Bertz CT molecular complexity index is 347. The number of benzene rings is 1. The summed E-state index contributed by atoms with van der Waals surface area (Å²) in [6, 6.07) is 5.99. The van der Waals surface area contributed by atoms with Crippen LogP contribution in [-0.2, 0) is 11.3 Å². The van der Waals surface area contributed by atoms with Crippen molar-refractivity contribution < 1.29 is 0 Å². The molecular formula is C11H13Cl2N. The summed E-state index contributed by atoms with van der Waals surface area (Å²) < 4.78 is 0. The standard InChI is InChI=1S/C11H13Cl2N/c1-11(13)7-14-5-4-8-2-3-9(12)6-10(8)11/h2-3,6,14H,4-5,7H2,1H3. The van der Waals surface area contributed by atoms with E-state index in [9.17, 15) is 0 Å². The van der Waals surface area contributed by atoms with Gasteiger partial charge in [-0.25, -0.2) is 0 Å². The van der Waals surface area contributed by atoms with Crippen molar-refractivity contribution in [3.8, 4) is 0 Å². The number of fused-ring (bicyclic) bond motifs is 1. The van der Waals surface area contributed by atoms with Gasteiger partial charge < -0.3 is 5.32 Å². The van der Waals surface area contributed by atoms with Crippen molar-refractivity contribution in [3.05, 3.63) is 34.3 Å². The van der Waals surface area contributed by atoms with Crippen LogP contribution in [0.4, 0.5) is 0 Å². The molecule has 0 fully saturated rings. The van der Waals surface area contributed by atoms with Crippen molar-refractivity contribution >= 4 is 23.2 Å². The lowest BCUT2D eigenvalue weighted by molar-refractivity contribution is 0.595. The van der Waals surface area contributed by atoms with E-state index in [2.05, 4.69) is 11.4 Å². The Morgan fingerprint density at radius 2 is 2.21 bits per heavy atom. The van der Waals surface area contributed by atoms with Crippen molar-refractivity contribution in [3.63, 3.8) is 0 Å². The fourth-order valence-corrected chi connectivity index (χ4v) is 2.34. The molecule has 1 nitrogen and oxygen atoms in total. The topological polar surface area (TPSA) is 12.0 Å². The molecule has 1 aliphatic rings. The van der Waals surface area contributed by atoms with Gasteiger partial charge in [-0.1, -0.05) is 17.7 Å². The van der Waals surface area contributed by atoms with Crippen molar-refractivity contribution in [1.29, 1.82) is 0 Å². The molecule has 0 amide bonds. The van der Waals surface area contributed by atoms with Crippen LogP contribution in [0.15, 0.2) is 18.2 Å². The quantitative estimate of drug-likeness (QED) is 0.675. The molecule has 2 rings (SSSR count). The van der Waals surface area contributed by atoms with E-state index in [4.69, 9.17) is 23.2 Å². The SMILES string of the molecule is CC1(Cl)CNCCc2ccc(Cl)cc21. The molecule has 1 aliphatic heterocycles. The summed E-state index contributed by atoms with van der Waals surface area (Å²) >= 11 is 12.4. The Hall–Kier alpha value is -0.240. The summed E-state index contributed by atoms with van der Waals surface area (Å²) in [4.78, 5) is -0.337. The molecule has 76 valence electrons. The van der Waals surface area contributed by atoms with Gasteiger partial charge in [0.25, 0.3) is 0 Å². The highest BCUT2D eigenvalue weighted by Gasteiger charge is 2.28. The molecule has 0 bridgehead atoms. The normalized spacial score (nSPS) is 26.8. The van der Waals surface area contributed by atoms with E-state index in [1.165, 1.54) is 5.56 Å². The monoisotopic (exact) mass is 229 g/mol. The van der Waals surface area contributed by atoms with E-state index < -0.39 is 0 Å². The van der Waals surface area contributed by atoms with Gasteiger partial charge in [0, 0.05) is 11.6 Å². The average molecular weight is 230 g/mol. The first-order valence-corrected chi connectivity index (χ1v) is 5.54. The van der Waals surface area contributed by atoms with Crippen LogP contribution < -0.4 is 5.32 Å². The molecule has 0 radical (unpaired) electrons. The number of nitrogens with one attached hydrogen (secondary N) is 1. The van der Waals surface area contributed by atoms with Crippen LogP contribution >= 0.6 is 23.2 Å². The molecule has 3 heteroatoms. The van der Waals surface area contributed by atoms with Gasteiger partial charge in [-0.05, 0) is 43.1 Å². The van der Waals surface area contributed by atoms with Gasteiger partial charge in [-0.15, -0.1) is 11.6 Å². The van der Waals surface area contributed by atoms with E-state index >= 15 is 0 Å². The van der Waals surface area contributed by atoms with Crippen LogP contribution in [0.25, 0.3) is 0 Å². The fourth-order valence-electron chi connectivity index (χ4n) is 1.89. The third-order valence-corrected chi connectivity index (χ3v) is 3.23. The summed E-state index contributed by atoms with van der Waals surface area (Å²) in [7, 11) is 0. The fraction of sp³-hybridized carbons (Fsp3) is 0.455. The minimum Gasteiger partial charge on any atom is -0.314 e. The van der Waals surface area contributed by atoms with E-state index in [0.717, 1.165) is 30.1 Å². The molecule has 14 heavy (non-hydrogen) atoms. The van der Waals surface area contributed by atoms with Crippen LogP contribution in [0.5, 0.6) is 0 Å². The predicted octanol–water partition coefficient (Wildman–Crippen LogP) is 2.94. The van der Waals surface area contributed by atoms with Crippen molar-refractivity contribution in [2.75, 3.05) is 13.1 Å². The smallest absolute Gasteiger partial charge is 0.0794 e. The summed E-state index contributed by atoms with van der Waals surface area (Å²) in [6.45, 7) is 3.81. The number of halogens is 2. The van der Waals surface area contributed by atoms with Crippen molar-refractivity contribution in [2.24, 2.45) is 0 Å². The van der Waals surface area contributed by atoms with Gasteiger partial charge >= 0.3 is 0 Å². The molecule has 1 unspecified atom stereocenters. The molecule has 0 aliphatic carbocycles. The van der Waals surface area contributed by atoms with Gasteiger partial charge in [-0.3, -0.25) is 0 Å². The average Bonchev–Trinajstić information content (AvgIpc) is 2.26. The Labute approximate surface area is 94.4 Å². The summed E-state index contributed by atoms with van der Waals surface area (Å²) in [6.07, 6.45) is 1.02. The number of hydrogen-bond donors (Lipinski definition) is 1. The van der Waals surface area contributed by atoms with Crippen LogP contribution in [-0.4, -0.2) is 13.1 Å². The van der Waals surface area contributed by atoms with Crippen molar-refractivity contribution in [1.82, 2.24) is 5.32 Å². The highest BCUT2D eigenvalue weighted by molar-refractivity contribution is 6.31. The molecule has 0 saturated heterocycles. The van der Waals surface area contributed by atoms with Gasteiger partial charge in [0.05, 0.1) is 4.87 Å². The first kappa shape index (κ1) is 10.3. The number of rotatable bonds is 0. The Morgan fingerprint density at radius 3 is 3.00 bits per heavy atom. The van der Waals surface area contributed by atoms with E-state index in [1.54, 1.807) is 0 Å². The minimum absolute atomic E-state index is 0.337. The zero-order valence-corrected chi connectivity index (χ0v) is 9.62. The first-order valence-electron chi connectivity index (χ1n) is 4.78. The maximum Gasteiger partial charge on any atom is 0.0794 e. The molecule has 0 saturated carbocycles. The molecule has 1 aromatic carbocycles. The molecule has 1 heterocycles. The summed E-state index contributed by atoms with van der Waals surface area (Å²) in [5, 5.41) is 4.09. The Morgan fingerprint density at radius 1 is 1.43 bits per heavy atom. The largest absolute Gasteiger partial charge is 0.314 e. The molecule has 1 aromatic rings. The highest BCUT2D eigenvalue weighted by Crippen LogP contribution is 2.34. The molecule has 0 spiro atoms. The Kier molecular flexibility index (Phi) is 2.74. The van der Waals surface area contributed by atoms with Gasteiger partial charge in [0.15, 0.2) is 0 Å². The number of hydrogen-bond acceptors (Lipinski definition) is 1. The van der Waals surface area contributed by atoms with Crippen LogP contribution in [0.2, 0.25) is 5.02 Å². The zero-order chi connectivity index (χ0) is 10.2. The Balaban J connectivity index is 2.52. The summed E-state index contributed by atoms with van der Waals surface area (Å²) in [5.41, 5.74) is 2.47. The van der Waals surface area contributed by atoms with E-state index in [0.29, 0.717) is 0 Å². The molecule has 0 aromatic heterocycles. The lowest BCUT2D eigenvalue weighted by atomic mass is 9.95. The maximum absolute atomic E-state index is 6.46. The summed E-state index contributed by atoms with van der Waals surface area (Å²) in [5.74, 6) is 0. The van der Waals surface area contributed by atoms with Gasteiger partial charge in [0.1, 0.15) is 0 Å². The second-order valence-electron chi connectivity index (χ2n) is 3.93. The third kappa shape index (κ3) is 1.90. The lowest BCUT2D eigenvalue weighted by Crippen LogP contribution is -2.29. The van der Waals surface area contributed by atoms with E-state index in [-0.39, 0.29) is 4.87 Å². The number of alkyl halides is 1. The minimum atomic E-state index is -0.337. The highest BCUT2D eigenvalue weighted by atomic mass is 35.5. The van der Waals surface area contributed by atoms with Gasteiger partial charge in [0.2, 0.25) is 0 Å². The van der Waals surface area contributed by atoms with Gasteiger partial charge in [-0.2, -0.15) is 0 Å². The van der Waals surface area contributed by atoms with Crippen LogP contribution in [0, 0.1) is 0 Å². The predicted molar refractivity (Wildman–Crippen MR) is 61.2 cm³/mol. The molecular weight excluding hydrogens is 217 g/mol. The zero-order valence-electron chi connectivity index (χ0n) is 8.11. The first-order chi connectivity index (χ1) is 6.59. The third-order valence-electron chi connectivity index (χ3n) is 2.66. The van der Waals surface area contributed by atoms with Crippen LogP contribution in [0.3, 0.4) is 0 Å². The van der Waals surface area contributed by atoms with E-state index in [1.807, 2.05) is 19.1 Å².